The van der Waals surface area contributed by atoms with Crippen LogP contribution in [0, 0.1) is 10.1 Å². The Morgan fingerprint density at radius 1 is 1.32 bits per heavy atom. The number of pyridine rings is 1. The van der Waals surface area contributed by atoms with Gasteiger partial charge in [0.2, 0.25) is 0 Å². The quantitative estimate of drug-likeness (QED) is 0.614. The fourth-order valence-electron chi connectivity index (χ4n) is 1.65. The van der Waals surface area contributed by atoms with Crippen LogP contribution >= 0.6 is 0 Å². The van der Waals surface area contributed by atoms with Gasteiger partial charge in [-0.05, 0) is 18.2 Å². The maximum atomic E-state index is 12.6. The van der Waals surface area contributed by atoms with E-state index in [2.05, 4.69) is 11.6 Å². The van der Waals surface area contributed by atoms with Gasteiger partial charge in [-0.3, -0.25) is 10.1 Å². The summed E-state index contributed by atoms with van der Waals surface area (Å²) in [6.45, 7) is 3.46. The van der Waals surface area contributed by atoms with E-state index in [1.807, 2.05) is 0 Å². The molecule has 0 aliphatic heterocycles. The van der Waals surface area contributed by atoms with Gasteiger partial charge in [0.1, 0.15) is 5.52 Å². The van der Waals surface area contributed by atoms with Gasteiger partial charge in [0.15, 0.2) is 0 Å². The first-order chi connectivity index (χ1) is 8.82. The largest absolute Gasteiger partial charge is 0.416 e. The van der Waals surface area contributed by atoms with Crippen LogP contribution in [-0.4, -0.2) is 9.91 Å². The minimum atomic E-state index is -4.64. The van der Waals surface area contributed by atoms with Crippen LogP contribution in [0.5, 0.6) is 0 Å². The van der Waals surface area contributed by atoms with E-state index in [-0.39, 0.29) is 10.9 Å². The van der Waals surface area contributed by atoms with Crippen molar-refractivity contribution in [2.45, 2.75) is 6.18 Å². The van der Waals surface area contributed by atoms with Crippen molar-refractivity contribution < 1.29 is 18.1 Å². The summed E-state index contributed by atoms with van der Waals surface area (Å²) < 4.78 is 37.9. The number of fused-ring (bicyclic) bond motifs is 1. The lowest BCUT2D eigenvalue weighted by molar-refractivity contribution is -0.383. The lowest BCUT2D eigenvalue weighted by atomic mass is 10.1. The highest BCUT2D eigenvalue weighted by Gasteiger charge is 2.33. The van der Waals surface area contributed by atoms with Crippen LogP contribution in [-0.2, 0) is 6.18 Å². The number of benzene rings is 1. The molecule has 1 aromatic carbocycles. The Labute approximate surface area is 105 Å². The maximum Gasteiger partial charge on any atom is 0.416 e. The smallest absolute Gasteiger partial charge is 0.258 e. The van der Waals surface area contributed by atoms with Gasteiger partial charge in [-0.25, -0.2) is 4.98 Å². The Morgan fingerprint density at radius 3 is 2.53 bits per heavy atom. The van der Waals surface area contributed by atoms with E-state index < -0.39 is 22.4 Å². The summed E-state index contributed by atoms with van der Waals surface area (Å²) in [4.78, 5) is 13.9. The highest BCUT2D eigenvalue weighted by molar-refractivity contribution is 5.88. The van der Waals surface area contributed by atoms with E-state index in [4.69, 9.17) is 0 Å². The second kappa shape index (κ2) is 4.34. The monoisotopic (exact) mass is 268 g/mol. The Morgan fingerprint density at radius 2 is 2.00 bits per heavy atom. The molecule has 2 aromatic rings. The standard InChI is InChI=1S/C12H7F3N2O2/c1-2-9-4-3-7-5-8(12(13,14)15)6-10(17(18)19)11(7)16-9/h2-6H,1H2. The van der Waals surface area contributed by atoms with Gasteiger partial charge >= 0.3 is 6.18 Å². The molecule has 0 aliphatic rings. The van der Waals surface area contributed by atoms with Crippen molar-refractivity contribution in [2.75, 3.05) is 0 Å². The number of halogens is 3. The number of nitro groups is 1. The third kappa shape index (κ3) is 2.40. The molecule has 0 fully saturated rings. The summed E-state index contributed by atoms with van der Waals surface area (Å²) in [7, 11) is 0. The fourth-order valence-corrected chi connectivity index (χ4v) is 1.65. The molecule has 7 heteroatoms. The van der Waals surface area contributed by atoms with E-state index >= 15 is 0 Å². The van der Waals surface area contributed by atoms with E-state index in [0.717, 1.165) is 6.07 Å². The summed E-state index contributed by atoms with van der Waals surface area (Å²) in [6, 6.07) is 4.12. The van der Waals surface area contributed by atoms with Crippen LogP contribution < -0.4 is 0 Å². The zero-order chi connectivity index (χ0) is 14.2. The molecular weight excluding hydrogens is 261 g/mol. The molecule has 0 radical (unpaired) electrons. The molecule has 1 heterocycles. The van der Waals surface area contributed by atoms with Crippen LogP contribution in [0.15, 0.2) is 30.8 Å². The van der Waals surface area contributed by atoms with Crippen LogP contribution in [0.2, 0.25) is 0 Å². The third-order valence-corrected chi connectivity index (χ3v) is 2.53. The molecule has 0 saturated heterocycles. The second-order valence-electron chi connectivity index (χ2n) is 3.76. The number of nitro benzene ring substituents is 1. The minimum absolute atomic E-state index is 0.0622. The van der Waals surface area contributed by atoms with E-state index in [1.165, 1.54) is 18.2 Å². The van der Waals surface area contributed by atoms with E-state index in [0.29, 0.717) is 11.8 Å². The molecule has 98 valence electrons. The number of hydrogen-bond donors (Lipinski definition) is 0. The molecule has 4 nitrogen and oxygen atoms in total. The lowest BCUT2D eigenvalue weighted by Crippen LogP contribution is -2.06. The van der Waals surface area contributed by atoms with Crippen LogP contribution in [0.1, 0.15) is 11.3 Å². The first kappa shape index (κ1) is 13.0. The summed E-state index contributed by atoms with van der Waals surface area (Å²) in [5.74, 6) is 0. The summed E-state index contributed by atoms with van der Waals surface area (Å²) in [6.07, 6.45) is -3.28. The van der Waals surface area contributed by atoms with Gasteiger partial charge in [-0.2, -0.15) is 13.2 Å². The van der Waals surface area contributed by atoms with Gasteiger partial charge in [0.05, 0.1) is 16.2 Å². The minimum Gasteiger partial charge on any atom is -0.258 e. The molecule has 0 aliphatic carbocycles. The lowest BCUT2D eigenvalue weighted by Gasteiger charge is -2.08. The first-order valence-corrected chi connectivity index (χ1v) is 5.12. The van der Waals surface area contributed by atoms with Crippen LogP contribution in [0.4, 0.5) is 18.9 Å². The van der Waals surface area contributed by atoms with Crippen molar-refractivity contribution in [3.05, 3.63) is 52.2 Å². The predicted octanol–water partition coefficient (Wildman–Crippen LogP) is 3.80. The molecule has 0 bridgehead atoms. The molecule has 19 heavy (non-hydrogen) atoms. The van der Waals surface area contributed by atoms with Gasteiger partial charge in [-0.1, -0.05) is 12.6 Å². The average molecular weight is 268 g/mol. The molecule has 1 aromatic heterocycles. The van der Waals surface area contributed by atoms with Gasteiger partial charge < -0.3 is 0 Å². The zero-order valence-corrected chi connectivity index (χ0v) is 9.44. The van der Waals surface area contributed by atoms with Crippen LogP contribution in [0.25, 0.3) is 17.0 Å². The SMILES string of the molecule is C=Cc1ccc2cc(C(F)(F)F)cc([N+](=O)[O-])c2n1. The number of rotatable bonds is 2. The zero-order valence-electron chi connectivity index (χ0n) is 9.44. The molecule has 0 spiro atoms. The summed E-state index contributed by atoms with van der Waals surface area (Å²) in [5.41, 5.74) is -1.47. The Bertz CT molecular complexity index is 680. The molecular formula is C12H7F3N2O2. The maximum absolute atomic E-state index is 12.6. The van der Waals surface area contributed by atoms with E-state index in [9.17, 15) is 23.3 Å². The number of aromatic nitrogens is 1. The van der Waals surface area contributed by atoms with Crippen LogP contribution in [0.3, 0.4) is 0 Å². The van der Waals surface area contributed by atoms with E-state index in [1.54, 1.807) is 0 Å². The summed E-state index contributed by atoms with van der Waals surface area (Å²) in [5, 5.41) is 10.9. The van der Waals surface area contributed by atoms with Crippen molar-refractivity contribution in [1.29, 1.82) is 0 Å². The van der Waals surface area contributed by atoms with Crippen molar-refractivity contribution in [3.63, 3.8) is 0 Å². The molecule has 0 saturated carbocycles. The molecule has 2 rings (SSSR count). The van der Waals surface area contributed by atoms with Gasteiger partial charge in [0.25, 0.3) is 5.69 Å². The number of non-ortho nitro benzene ring substituents is 1. The predicted molar refractivity (Wildman–Crippen MR) is 63.5 cm³/mol. The van der Waals surface area contributed by atoms with Crippen molar-refractivity contribution in [2.24, 2.45) is 0 Å². The third-order valence-electron chi connectivity index (χ3n) is 2.53. The number of hydrogen-bond acceptors (Lipinski definition) is 3. The molecule has 0 N–H and O–H groups in total. The average Bonchev–Trinajstić information content (AvgIpc) is 2.35. The van der Waals surface area contributed by atoms with Gasteiger partial charge in [0, 0.05) is 11.5 Å². The highest BCUT2D eigenvalue weighted by atomic mass is 19.4. The topological polar surface area (TPSA) is 56.0 Å². The first-order valence-electron chi connectivity index (χ1n) is 5.12. The normalized spacial score (nSPS) is 11.5. The highest BCUT2D eigenvalue weighted by Crippen LogP contribution is 2.35. The Hall–Kier alpha value is -2.44. The number of nitrogens with zero attached hydrogens (tertiary/aromatic N) is 2. The molecule has 0 atom stereocenters. The Kier molecular flexibility index (Phi) is 2.97. The van der Waals surface area contributed by atoms with Crippen molar-refractivity contribution in [1.82, 2.24) is 4.98 Å². The second-order valence-corrected chi connectivity index (χ2v) is 3.76. The molecule has 0 amide bonds. The molecule has 0 unspecified atom stereocenters. The Balaban J connectivity index is 2.83. The van der Waals surface area contributed by atoms with Crippen molar-refractivity contribution in [3.8, 4) is 0 Å². The number of alkyl halides is 3. The fraction of sp³-hybridized carbons (Fsp3) is 0.0833. The van der Waals surface area contributed by atoms with Gasteiger partial charge in [-0.15, -0.1) is 0 Å². The van der Waals surface area contributed by atoms with Crippen molar-refractivity contribution >= 4 is 22.7 Å². The summed E-state index contributed by atoms with van der Waals surface area (Å²) >= 11 is 0.